The Bertz CT molecular complexity index is 920. The predicted molar refractivity (Wildman–Crippen MR) is 92.8 cm³/mol. The summed E-state index contributed by atoms with van der Waals surface area (Å²) in [6.45, 7) is 2.07. The third-order valence-electron chi connectivity index (χ3n) is 3.76. The Labute approximate surface area is 138 Å². The van der Waals surface area contributed by atoms with Crippen molar-refractivity contribution in [3.63, 3.8) is 0 Å². The van der Waals surface area contributed by atoms with Crippen LogP contribution in [0.3, 0.4) is 0 Å². The molecule has 0 bridgehead atoms. The number of hydrogen-bond donors (Lipinski definition) is 0. The van der Waals surface area contributed by atoms with Gasteiger partial charge in [-0.05, 0) is 36.2 Å². The third-order valence-corrected chi connectivity index (χ3v) is 4.86. The van der Waals surface area contributed by atoms with Crippen LogP contribution in [0.5, 0.6) is 5.75 Å². The Morgan fingerprint density at radius 1 is 1.22 bits per heavy atom. The molecule has 3 aromatic rings. The molecule has 1 aromatic heterocycles. The highest BCUT2D eigenvalue weighted by Crippen LogP contribution is 2.19. The van der Waals surface area contributed by atoms with E-state index in [9.17, 15) is 4.79 Å². The van der Waals surface area contributed by atoms with Gasteiger partial charge in [-0.2, -0.15) is 4.99 Å². The van der Waals surface area contributed by atoms with Crippen LogP contribution in [0.25, 0.3) is 10.2 Å². The fraction of sp³-hybridized carbons (Fsp3) is 0.222. The number of benzene rings is 2. The fourth-order valence-electron chi connectivity index (χ4n) is 2.57. The molecular formula is C18H18N2O2S. The third kappa shape index (κ3) is 3.19. The number of hydrogen-bond acceptors (Lipinski definition) is 3. The summed E-state index contributed by atoms with van der Waals surface area (Å²) in [5, 5.41) is 0. The number of para-hydroxylation sites is 1. The maximum atomic E-state index is 12.2. The van der Waals surface area contributed by atoms with E-state index in [1.165, 1.54) is 16.9 Å². The molecule has 0 aliphatic heterocycles. The average Bonchev–Trinajstić information content (AvgIpc) is 2.85. The summed E-state index contributed by atoms with van der Waals surface area (Å²) in [7, 11) is 3.57. The molecule has 118 valence electrons. The van der Waals surface area contributed by atoms with Crippen LogP contribution in [0.2, 0.25) is 0 Å². The molecule has 1 heterocycles. The van der Waals surface area contributed by atoms with Gasteiger partial charge in [0.1, 0.15) is 5.75 Å². The van der Waals surface area contributed by atoms with Crippen molar-refractivity contribution in [2.24, 2.45) is 12.0 Å². The number of rotatable bonds is 3. The van der Waals surface area contributed by atoms with Crippen molar-refractivity contribution in [3.05, 3.63) is 58.4 Å². The van der Waals surface area contributed by atoms with Gasteiger partial charge < -0.3 is 9.30 Å². The van der Waals surface area contributed by atoms with Crippen molar-refractivity contribution >= 4 is 27.5 Å². The first-order valence-electron chi connectivity index (χ1n) is 7.34. The molecule has 0 N–H and O–H groups in total. The molecule has 23 heavy (non-hydrogen) atoms. The van der Waals surface area contributed by atoms with E-state index in [2.05, 4.69) is 24.0 Å². The number of methoxy groups -OCH3 is 1. The highest BCUT2D eigenvalue weighted by atomic mass is 32.1. The monoisotopic (exact) mass is 326 g/mol. The van der Waals surface area contributed by atoms with Gasteiger partial charge >= 0.3 is 0 Å². The predicted octanol–water partition coefficient (Wildman–Crippen LogP) is 3.23. The number of fused-ring (bicyclic) bond motifs is 1. The summed E-state index contributed by atoms with van der Waals surface area (Å²) < 4.78 is 8.25. The van der Waals surface area contributed by atoms with E-state index in [0.29, 0.717) is 0 Å². The zero-order chi connectivity index (χ0) is 16.4. The van der Waals surface area contributed by atoms with Gasteiger partial charge in [0, 0.05) is 7.05 Å². The number of carbonyl (C=O) groups excluding carboxylic acids is 1. The van der Waals surface area contributed by atoms with Crippen molar-refractivity contribution < 1.29 is 9.53 Å². The Hall–Kier alpha value is -2.40. The van der Waals surface area contributed by atoms with E-state index in [-0.39, 0.29) is 12.3 Å². The van der Waals surface area contributed by atoms with E-state index >= 15 is 0 Å². The molecule has 0 fully saturated rings. The molecule has 0 aliphatic rings. The van der Waals surface area contributed by atoms with Gasteiger partial charge in [-0.1, -0.05) is 35.6 Å². The molecule has 1 amide bonds. The minimum absolute atomic E-state index is 0.144. The molecule has 4 nitrogen and oxygen atoms in total. The standard InChI is InChI=1S/C18H18N2O2S/c1-12-5-4-6-15-17(12)20(2)18(23-15)19-16(21)11-13-7-9-14(22-3)10-8-13/h4-10H,11H2,1-3H3. The first-order chi connectivity index (χ1) is 11.1. The van der Waals surface area contributed by atoms with Crippen molar-refractivity contribution in [2.75, 3.05) is 7.11 Å². The second-order valence-corrected chi connectivity index (χ2v) is 6.40. The van der Waals surface area contributed by atoms with E-state index < -0.39 is 0 Å². The summed E-state index contributed by atoms with van der Waals surface area (Å²) in [4.78, 5) is 17.3. The van der Waals surface area contributed by atoms with E-state index in [1.54, 1.807) is 7.11 Å². The van der Waals surface area contributed by atoms with Gasteiger partial charge in [0.2, 0.25) is 0 Å². The molecule has 0 atom stereocenters. The number of amides is 1. The van der Waals surface area contributed by atoms with Crippen molar-refractivity contribution in [1.82, 2.24) is 4.57 Å². The number of carbonyl (C=O) groups is 1. The van der Waals surface area contributed by atoms with Crippen LogP contribution >= 0.6 is 11.3 Å². The fourth-order valence-corrected chi connectivity index (χ4v) is 3.68. The zero-order valence-electron chi connectivity index (χ0n) is 13.4. The highest BCUT2D eigenvalue weighted by molar-refractivity contribution is 7.16. The maximum Gasteiger partial charge on any atom is 0.252 e. The summed E-state index contributed by atoms with van der Waals surface area (Å²) in [5.74, 6) is 0.638. The van der Waals surface area contributed by atoms with Crippen LogP contribution < -0.4 is 9.54 Å². The average molecular weight is 326 g/mol. The van der Waals surface area contributed by atoms with E-state index in [0.717, 1.165) is 26.3 Å². The van der Waals surface area contributed by atoms with Gasteiger partial charge in [-0.25, -0.2) is 0 Å². The maximum absolute atomic E-state index is 12.2. The van der Waals surface area contributed by atoms with Crippen LogP contribution in [-0.4, -0.2) is 17.6 Å². The lowest BCUT2D eigenvalue weighted by Crippen LogP contribution is -2.14. The number of aromatic nitrogens is 1. The van der Waals surface area contributed by atoms with Gasteiger partial charge in [0.15, 0.2) is 4.80 Å². The Balaban J connectivity index is 1.90. The molecule has 0 saturated heterocycles. The lowest BCUT2D eigenvalue weighted by atomic mass is 10.1. The SMILES string of the molecule is COc1ccc(CC(=O)N=c2sc3cccc(C)c3n2C)cc1. The first kappa shape index (κ1) is 15.5. The summed E-state index contributed by atoms with van der Waals surface area (Å²) in [6, 6.07) is 13.6. The van der Waals surface area contributed by atoms with Crippen LogP contribution in [0.4, 0.5) is 0 Å². The van der Waals surface area contributed by atoms with Crippen molar-refractivity contribution in [3.8, 4) is 5.75 Å². The Kier molecular flexibility index (Phi) is 4.30. The molecule has 3 rings (SSSR count). The topological polar surface area (TPSA) is 43.6 Å². The second-order valence-electron chi connectivity index (χ2n) is 5.40. The number of ether oxygens (including phenoxy) is 1. The Morgan fingerprint density at radius 2 is 1.96 bits per heavy atom. The summed E-state index contributed by atoms with van der Waals surface area (Å²) in [6.07, 6.45) is 0.289. The summed E-state index contributed by atoms with van der Waals surface area (Å²) in [5.41, 5.74) is 3.25. The minimum Gasteiger partial charge on any atom is -0.497 e. The normalized spacial score (nSPS) is 11.9. The van der Waals surface area contributed by atoms with Crippen LogP contribution in [0.15, 0.2) is 47.5 Å². The quantitative estimate of drug-likeness (QED) is 0.742. The van der Waals surface area contributed by atoms with Gasteiger partial charge in [0.25, 0.3) is 5.91 Å². The molecule has 5 heteroatoms. The largest absolute Gasteiger partial charge is 0.497 e. The van der Waals surface area contributed by atoms with E-state index in [1.807, 2.05) is 41.9 Å². The lowest BCUT2D eigenvalue weighted by Gasteiger charge is -2.01. The smallest absolute Gasteiger partial charge is 0.252 e. The molecule has 0 aliphatic carbocycles. The number of nitrogens with zero attached hydrogens (tertiary/aromatic N) is 2. The van der Waals surface area contributed by atoms with Gasteiger partial charge in [0.05, 0.1) is 23.7 Å². The second kappa shape index (κ2) is 6.38. The molecule has 0 unspecified atom stereocenters. The molecule has 0 spiro atoms. The minimum atomic E-state index is -0.144. The zero-order valence-corrected chi connectivity index (χ0v) is 14.2. The van der Waals surface area contributed by atoms with Crippen LogP contribution in [0, 0.1) is 6.92 Å². The Morgan fingerprint density at radius 3 is 2.61 bits per heavy atom. The van der Waals surface area contributed by atoms with Crippen molar-refractivity contribution in [1.29, 1.82) is 0 Å². The van der Waals surface area contributed by atoms with Crippen LogP contribution in [-0.2, 0) is 18.3 Å². The molecular weight excluding hydrogens is 308 g/mol. The molecule has 0 radical (unpaired) electrons. The number of thiazole rings is 1. The van der Waals surface area contributed by atoms with Crippen molar-refractivity contribution in [2.45, 2.75) is 13.3 Å². The highest BCUT2D eigenvalue weighted by Gasteiger charge is 2.07. The molecule has 0 saturated carbocycles. The van der Waals surface area contributed by atoms with E-state index in [4.69, 9.17) is 4.74 Å². The van der Waals surface area contributed by atoms with Gasteiger partial charge in [-0.15, -0.1) is 0 Å². The first-order valence-corrected chi connectivity index (χ1v) is 8.16. The summed E-state index contributed by atoms with van der Waals surface area (Å²) >= 11 is 1.54. The number of aryl methyl sites for hydroxylation is 2. The van der Waals surface area contributed by atoms with Crippen LogP contribution in [0.1, 0.15) is 11.1 Å². The lowest BCUT2D eigenvalue weighted by molar-refractivity contribution is -0.117. The van der Waals surface area contributed by atoms with Gasteiger partial charge in [-0.3, -0.25) is 4.79 Å². The molecule has 2 aromatic carbocycles.